The van der Waals surface area contributed by atoms with E-state index in [-0.39, 0.29) is 29.8 Å². The van der Waals surface area contributed by atoms with Gasteiger partial charge in [-0.2, -0.15) is 0 Å². The van der Waals surface area contributed by atoms with Gasteiger partial charge >= 0.3 is 11.9 Å². The van der Waals surface area contributed by atoms with Crippen LogP contribution in [-0.4, -0.2) is 33.7 Å². The highest BCUT2D eigenvalue weighted by Gasteiger charge is 2.30. The Balaban J connectivity index is 0.00000882. The van der Waals surface area contributed by atoms with Crippen molar-refractivity contribution in [3.63, 3.8) is 0 Å². The van der Waals surface area contributed by atoms with Crippen molar-refractivity contribution in [2.24, 2.45) is 21.7 Å². The second-order valence-corrected chi connectivity index (χ2v) is 14.6. The lowest BCUT2D eigenvalue weighted by molar-refractivity contribution is -0.148. The molecule has 0 atom stereocenters. The zero-order chi connectivity index (χ0) is 31.2. The van der Waals surface area contributed by atoms with Crippen LogP contribution in [0.15, 0.2) is 46.6 Å². The number of carbonyl (C=O) groups is 4. The van der Waals surface area contributed by atoms with E-state index in [4.69, 9.17) is 0 Å². The molecule has 0 unspecified atom stereocenters. The third kappa shape index (κ3) is 10.8. The van der Waals surface area contributed by atoms with Crippen LogP contribution in [0.1, 0.15) is 133 Å². The number of Topliss-reactive ketones (excluding diaryl/α,β-unsaturated/α-hetero) is 2. The van der Waals surface area contributed by atoms with Crippen LogP contribution in [0.5, 0.6) is 0 Å². The zero-order valence-corrected chi connectivity index (χ0v) is 26.6. The quantitative estimate of drug-likeness (QED) is 0.175. The monoisotopic (exact) mass is 584 g/mol. The van der Waals surface area contributed by atoms with Gasteiger partial charge < -0.3 is 10.2 Å². The Bertz CT molecular complexity index is 1060. The molecule has 236 valence electrons. The van der Waals surface area contributed by atoms with Crippen LogP contribution in [0, 0.1) is 21.7 Å². The molecule has 0 amide bonds. The maximum Gasteiger partial charge on any atom is 0.309 e. The van der Waals surface area contributed by atoms with Gasteiger partial charge in [-0.05, 0) is 108 Å². The highest BCUT2D eigenvalue weighted by Crippen LogP contribution is 2.37. The van der Waals surface area contributed by atoms with E-state index >= 15 is 0 Å². The standard InChI is InChI=1S/C35H52O6.CH4/c1-32(2)20-24(14-9-11-18-34(5,6)30(38)39)28(36)26(22-32)16-13-17-27-23-33(3,4)21-25(29(27)37)15-10-12-19-35(7,8)31(40)41;/h20-23H,9-19H2,1-8H3,(H,38,39)(H,40,41);1H4. The van der Waals surface area contributed by atoms with Crippen molar-refractivity contribution in [1.82, 2.24) is 0 Å². The predicted molar refractivity (Wildman–Crippen MR) is 170 cm³/mol. The molecule has 0 heterocycles. The van der Waals surface area contributed by atoms with Gasteiger partial charge in [-0.25, -0.2) is 0 Å². The first-order chi connectivity index (χ1) is 18.8. The van der Waals surface area contributed by atoms with Gasteiger partial charge in [0.1, 0.15) is 0 Å². The summed E-state index contributed by atoms with van der Waals surface area (Å²) in [5.41, 5.74) is 1.24. The van der Waals surface area contributed by atoms with Crippen molar-refractivity contribution in [3.05, 3.63) is 46.6 Å². The van der Waals surface area contributed by atoms with E-state index in [0.717, 1.165) is 48.0 Å². The molecule has 6 heteroatoms. The normalized spacial score (nSPS) is 18.4. The molecular formula is C36H56O6. The van der Waals surface area contributed by atoms with Gasteiger partial charge in [0.2, 0.25) is 0 Å². The molecule has 0 bridgehead atoms. The number of carboxylic acid groups (broad SMARTS) is 2. The number of hydrogen-bond acceptors (Lipinski definition) is 4. The lowest BCUT2D eigenvalue weighted by atomic mass is 9.76. The predicted octanol–water partition coefficient (Wildman–Crippen LogP) is 9.06. The summed E-state index contributed by atoms with van der Waals surface area (Å²) in [7, 11) is 0. The fourth-order valence-electron chi connectivity index (χ4n) is 5.74. The van der Waals surface area contributed by atoms with Crippen LogP contribution in [0.25, 0.3) is 0 Å². The first-order valence-electron chi connectivity index (χ1n) is 15.2. The van der Waals surface area contributed by atoms with E-state index in [1.54, 1.807) is 27.7 Å². The average Bonchev–Trinajstić information content (AvgIpc) is 2.83. The van der Waals surface area contributed by atoms with Crippen molar-refractivity contribution in [3.8, 4) is 0 Å². The van der Waals surface area contributed by atoms with Crippen LogP contribution in [0.4, 0.5) is 0 Å². The number of ketones is 2. The number of carbonyl (C=O) groups excluding carboxylic acids is 2. The lowest BCUT2D eigenvalue weighted by Crippen LogP contribution is -2.23. The van der Waals surface area contributed by atoms with Crippen LogP contribution in [0.3, 0.4) is 0 Å². The molecule has 2 aliphatic rings. The Morgan fingerprint density at radius 2 is 0.833 bits per heavy atom. The first kappa shape index (κ1) is 37.3. The molecule has 0 aromatic rings. The van der Waals surface area contributed by atoms with Crippen molar-refractivity contribution in [2.45, 2.75) is 133 Å². The van der Waals surface area contributed by atoms with Gasteiger partial charge in [0.25, 0.3) is 0 Å². The van der Waals surface area contributed by atoms with Crippen LogP contribution < -0.4 is 0 Å². The van der Waals surface area contributed by atoms with E-state index in [1.807, 2.05) is 12.2 Å². The minimum absolute atomic E-state index is 0. The number of carboxylic acids is 2. The Kier molecular flexibility index (Phi) is 13.0. The molecular weight excluding hydrogens is 528 g/mol. The minimum Gasteiger partial charge on any atom is -0.481 e. The lowest BCUT2D eigenvalue weighted by Gasteiger charge is -2.27. The SMILES string of the molecule is C.CC1(C)C=C(CCCCC(C)(C)C(=O)O)C(=O)C(CCCC2=CC(C)(C)C=C(CCCCC(C)(C)C(=O)O)C2=O)=C1. The second-order valence-electron chi connectivity index (χ2n) is 14.6. The molecule has 42 heavy (non-hydrogen) atoms. The number of aliphatic carboxylic acids is 2. The molecule has 0 radical (unpaired) electrons. The Labute approximate surface area is 254 Å². The summed E-state index contributed by atoms with van der Waals surface area (Å²) >= 11 is 0. The summed E-state index contributed by atoms with van der Waals surface area (Å²) < 4.78 is 0. The number of rotatable bonds is 16. The van der Waals surface area contributed by atoms with E-state index in [1.165, 1.54) is 0 Å². The van der Waals surface area contributed by atoms with E-state index in [2.05, 4.69) is 39.8 Å². The largest absolute Gasteiger partial charge is 0.481 e. The minimum atomic E-state index is -0.797. The van der Waals surface area contributed by atoms with Gasteiger partial charge in [-0.15, -0.1) is 0 Å². The molecule has 0 saturated carbocycles. The summed E-state index contributed by atoms with van der Waals surface area (Å²) in [5, 5.41) is 18.7. The van der Waals surface area contributed by atoms with Gasteiger partial charge in [0.15, 0.2) is 11.6 Å². The fraction of sp³-hybridized carbons (Fsp3) is 0.667. The molecule has 0 saturated heterocycles. The van der Waals surface area contributed by atoms with Crippen LogP contribution in [0.2, 0.25) is 0 Å². The molecule has 0 aromatic heterocycles. The molecule has 2 rings (SSSR count). The van der Waals surface area contributed by atoms with Gasteiger partial charge in [0, 0.05) is 10.8 Å². The summed E-state index contributed by atoms with van der Waals surface area (Å²) in [6.07, 6.45) is 15.6. The number of allylic oxidation sites excluding steroid dienone is 8. The van der Waals surface area contributed by atoms with Crippen molar-refractivity contribution in [1.29, 1.82) is 0 Å². The fourth-order valence-corrected chi connectivity index (χ4v) is 5.74. The summed E-state index contributed by atoms with van der Waals surface area (Å²) in [4.78, 5) is 49.4. The Hall–Kier alpha value is -2.76. The molecule has 6 nitrogen and oxygen atoms in total. The number of hydrogen-bond donors (Lipinski definition) is 2. The van der Waals surface area contributed by atoms with E-state index in [0.29, 0.717) is 44.9 Å². The van der Waals surface area contributed by atoms with Crippen LogP contribution >= 0.6 is 0 Å². The third-order valence-electron chi connectivity index (χ3n) is 8.40. The molecule has 2 N–H and O–H groups in total. The maximum atomic E-state index is 13.3. The maximum absolute atomic E-state index is 13.3. The van der Waals surface area contributed by atoms with Crippen molar-refractivity contribution >= 4 is 23.5 Å². The smallest absolute Gasteiger partial charge is 0.309 e. The summed E-state index contributed by atoms with van der Waals surface area (Å²) in [6, 6.07) is 0. The topological polar surface area (TPSA) is 109 Å². The highest BCUT2D eigenvalue weighted by atomic mass is 16.4. The van der Waals surface area contributed by atoms with Gasteiger partial charge in [-0.3, -0.25) is 19.2 Å². The van der Waals surface area contributed by atoms with Gasteiger partial charge in [0.05, 0.1) is 10.8 Å². The van der Waals surface area contributed by atoms with E-state index < -0.39 is 22.8 Å². The molecule has 0 aromatic carbocycles. The highest BCUT2D eigenvalue weighted by molar-refractivity contribution is 6.10. The Morgan fingerprint density at radius 1 is 0.571 bits per heavy atom. The number of unbranched alkanes of at least 4 members (excludes halogenated alkanes) is 2. The molecule has 2 aliphatic carbocycles. The van der Waals surface area contributed by atoms with Crippen molar-refractivity contribution in [2.75, 3.05) is 0 Å². The Morgan fingerprint density at radius 3 is 1.10 bits per heavy atom. The molecule has 0 spiro atoms. The van der Waals surface area contributed by atoms with Crippen LogP contribution in [-0.2, 0) is 19.2 Å². The summed E-state index contributed by atoms with van der Waals surface area (Å²) in [6.45, 7) is 15.3. The first-order valence-corrected chi connectivity index (χ1v) is 15.2. The molecule has 0 aliphatic heterocycles. The van der Waals surface area contributed by atoms with Gasteiger partial charge in [-0.1, -0.05) is 72.3 Å². The zero-order valence-electron chi connectivity index (χ0n) is 26.6. The van der Waals surface area contributed by atoms with E-state index in [9.17, 15) is 29.4 Å². The summed E-state index contributed by atoms with van der Waals surface area (Å²) in [5.74, 6) is -1.43. The second kappa shape index (κ2) is 14.6. The average molecular weight is 585 g/mol. The molecule has 0 fully saturated rings. The van der Waals surface area contributed by atoms with Crippen molar-refractivity contribution < 1.29 is 29.4 Å². The third-order valence-corrected chi connectivity index (χ3v) is 8.40.